The van der Waals surface area contributed by atoms with Gasteiger partial charge in [0.25, 0.3) is 0 Å². The highest BCUT2D eigenvalue weighted by Crippen LogP contribution is 2.33. The standard InChI is InChI=1S/C23H31N3O5/c1-4-5-14-24-22(28-29-22)25-20-10-6-18(7-11-20)15-19-8-12-21(13-9-19)26-23(30-31-23)27-16-17(2)3/h6-13,17,24-26H,4-5,14-16H2,1-3H3. The van der Waals surface area contributed by atoms with Gasteiger partial charge in [0, 0.05) is 17.9 Å². The zero-order valence-electron chi connectivity index (χ0n) is 18.3. The van der Waals surface area contributed by atoms with Gasteiger partial charge in [-0.3, -0.25) is 0 Å². The van der Waals surface area contributed by atoms with Gasteiger partial charge >= 0.3 is 12.1 Å². The van der Waals surface area contributed by atoms with Crippen molar-refractivity contribution in [1.82, 2.24) is 5.32 Å². The Hall–Kier alpha value is -2.20. The van der Waals surface area contributed by atoms with E-state index in [0.29, 0.717) is 12.5 Å². The number of rotatable bonds is 13. The molecule has 2 fully saturated rings. The molecule has 2 aliphatic rings. The van der Waals surface area contributed by atoms with Gasteiger partial charge in [0.1, 0.15) is 0 Å². The average molecular weight is 430 g/mol. The normalized spacial score (nSPS) is 18.1. The molecule has 168 valence electrons. The first-order valence-corrected chi connectivity index (χ1v) is 10.9. The fourth-order valence-corrected chi connectivity index (χ4v) is 3.07. The van der Waals surface area contributed by atoms with Crippen molar-refractivity contribution in [1.29, 1.82) is 0 Å². The molecular formula is C23H31N3O5. The molecule has 0 bridgehead atoms. The Morgan fingerprint density at radius 3 is 1.90 bits per heavy atom. The molecule has 0 atom stereocenters. The summed E-state index contributed by atoms with van der Waals surface area (Å²) in [6, 6.07) is 15.5. The molecule has 2 aromatic rings. The van der Waals surface area contributed by atoms with E-state index in [1.165, 1.54) is 11.1 Å². The summed E-state index contributed by atoms with van der Waals surface area (Å²) in [6.07, 6.45) is 1.86. The topological polar surface area (TPSA) is 95.4 Å². The first kappa shape index (κ1) is 22.0. The molecule has 8 nitrogen and oxygen atoms in total. The summed E-state index contributed by atoms with van der Waals surface area (Å²) >= 11 is 0. The van der Waals surface area contributed by atoms with Gasteiger partial charge in [-0.05, 0) is 54.2 Å². The van der Waals surface area contributed by atoms with Gasteiger partial charge in [-0.2, -0.15) is 9.78 Å². The van der Waals surface area contributed by atoms with Crippen molar-refractivity contribution in [2.24, 2.45) is 5.92 Å². The zero-order valence-corrected chi connectivity index (χ0v) is 18.3. The summed E-state index contributed by atoms with van der Waals surface area (Å²) in [4.78, 5) is 20.2. The van der Waals surface area contributed by atoms with Crippen LogP contribution in [-0.2, 0) is 30.7 Å². The van der Waals surface area contributed by atoms with Crippen molar-refractivity contribution in [3.05, 3.63) is 59.7 Å². The summed E-state index contributed by atoms with van der Waals surface area (Å²) in [5.41, 5.74) is 4.21. The number of unbranched alkanes of at least 4 members (excludes halogenated alkanes) is 1. The van der Waals surface area contributed by atoms with Crippen LogP contribution in [0.3, 0.4) is 0 Å². The highest BCUT2D eigenvalue weighted by Gasteiger charge is 2.52. The van der Waals surface area contributed by atoms with Crippen LogP contribution in [0.15, 0.2) is 48.5 Å². The van der Waals surface area contributed by atoms with Crippen LogP contribution in [0.1, 0.15) is 44.7 Å². The minimum Gasteiger partial charge on any atom is -0.317 e. The van der Waals surface area contributed by atoms with E-state index < -0.39 is 12.1 Å². The maximum Gasteiger partial charge on any atom is 0.428 e. The molecule has 2 aromatic carbocycles. The van der Waals surface area contributed by atoms with Crippen LogP contribution in [-0.4, -0.2) is 25.3 Å². The Labute approximate surface area is 183 Å². The van der Waals surface area contributed by atoms with Gasteiger partial charge in [-0.15, -0.1) is 9.78 Å². The molecule has 2 heterocycles. The molecular weight excluding hydrogens is 398 g/mol. The first-order valence-electron chi connectivity index (χ1n) is 10.9. The third-order valence-corrected chi connectivity index (χ3v) is 4.90. The predicted octanol–water partition coefficient (Wildman–Crippen LogP) is 4.31. The Balaban J connectivity index is 1.27. The number of hydrogen-bond donors (Lipinski definition) is 3. The Kier molecular flexibility index (Phi) is 6.76. The smallest absolute Gasteiger partial charge is 0.317 e. The van der Waals surface area contributed by atoms with Crippen LogP contribution in [0, 0.1) is 5.92 Å². The van der Waals surface area contributed by atoms with Gasteiger partial charge in [0.15, 0.2) is 0 Å². The molecule has 0 aliphatic carbocycles. The first-order chi connectivity index (χ1) is 15.0. The molecule has 2 aliphatic heterocycles. The van der Waals surface area contributed by atoms with Gasteiger partial charge in [0.2, 0.25) is 0 Å². The quantitative estimate of drug-likeness (QED) is 0.188. The van der Waals surface area contributed by atoms with Crippen LogP contribution in [0.2, 0.25) is 0 Å². The second-order valence-electron chi connectivity index (χ2n) is 8.31. The van der Waals surface area contributed by atoms with Gasteiger partial charge < -0.3 is 15.4 Å². The van der Waals surface area contributed by atoms with E-state index >= 15 is 0 Å². The van der Waals surface area contributed by atoms with Crippen molar-refractivity contribution < 1.29 is 24.3 Å². The lowest BCUT2D eigenvalue weighted by molar-refractivity contribution is -0.0441. The highest BCUT2D eigenvalue weighted by atomic mass is 17.5. The molecule has 0 saturated carbocycles. The lowest BCUT2D eigenvalue weighted by atomic mass is 10.0. The van der Waals surface area contributed by atoms with Crippen molar-refractivity contribution >= 4 is 11.4 Å². The number of nitrogens with one attached hydrogen (secondary N) is 3. The monoisotopic (exact) mass is 429 g/mol. The van der Waals surface area contributed by atoms with Crippen LogP contribution >= 0.6 is 0 Å². The molecule has 4 rings (SSSR count). The minimum atomic E-state index is -1.15. The summed E-state index contributed by atoms with van der Waals surface area (Å²) in [7, 11) is 0. The maximum absolute atomic E-state index is 5.63. The van der Waals surface area contributed by atoms with Gasteiger partial charge in [-0.25, -0.2) is 5.32 Å². The van der Waals surface area contributed by atoms with Crippen molar-refractivity contribution in [3.63, 3.8) is 0 Å². The van der Waals surface area contributed by atoms with Gasteiger partial charge in [0.05, 0.1) is 6.61 Å². The van der Waals surface area contributed by atoms with E-state index in [1.807, 2.05) is 24.3 Å². The van der Waals surface area contributed by atoms with E-state index in [-0.39, 0.29) is 0 Å². The summed E-state index contributed by atoms with van der Waals surface area (Å²) in [5.74, 6) is 0.391. The Morgan fingerprint density at radius 1 is 0.839 bits per heavy atom. The molecule has 0 unspecified atom stereocenters. The largest absolute Gasteiger partial charge is 0.428 e. The summed E-state index contributed by atoms with van der Waals surface area (Å²) in [6.45, 7) is 7.67. The molecule has 31 heavy (non-hydrogen) atoms. The third-order valence-electron chi connectivity index (χ3n) is 4.90. The lowest BCUT2D eigenvalue weighted by Crippen LogP contribution is -2.40. The Bertz CT molecular complexity index is 833. The molecule has 0 radical (unpaired) electrons. The van der Waals surface area contributed by atoms with Gasteiger partial charge in [-0.1, -0.05) is 51.5 Å². The fourth-order valence-electron chi connectivity index (χ4n) is 3.07. The average Bonchev–Trinajstić information content (AvgIpc) is 3.68. The van der Waals surface area contributed by atoms with Crippen LogP contribution in [0.5, 0.6) is 0 Å². The molecule has 0 amide bonds. The second kappa shape index (κ2) is 9.52. The maximum atomic E-state index is 5.63. The highest BCUT2D eigenvalue weighted by molar-refractivity contribution is 5.48. The van der Waals surface area contributed by atoms with Crippen molar-refractivity contribution in [2.75, 3.05) is 23.8 Å². The summed E-state index contributed by atoms with van der Waals surface area (Å²) < 4.78 is 5.63. The van der Waals surface area contributed by atoms with Crippen LogP contribution in [0.4, 0.5) is 11.4 Å². The zero-order chi connectivity index (χ0) is 21.7. The second-order valence-corrected chi connectivity index (χ2v) is 8.31. The Morgan fingerprint density at radius 2 is 1.42 bits per heavy atom. The van der Waals surface area contributed by atoms with E-state index in [1.54, 1.807) is 0 Å². The van der Waals surface area contributed by atoms with E-state index in [0.717, 1.165) is 37.2 Å². The number of hydrogen-bond acceptors (Lipinski definition) is 8. The van der Waals surface area contributed by atoms with Crippen molar-refractivity contribution in [3.8, 4) is 0 Å². The van der Waals surface area contributed by atoms with Crippen molar-refractivity contribution in [2.45, 2.75) is 52.2 Å². The molecule has 2 saturated heterocycles. The molecule has 0 spiro atoms. The van der Waals surface area contributed by atoms with E-state index in [4.69, 9.17) is 24.3 Å². The summed E-state index contributed by atoms with van der Waals surface area (Å²) in [5, 5.41) is 9.58. The van der Waals surface area contributed by atoms with Crippen LogP contribution < -0.4 is 16.0 Å². The predicted molar refractivity (Wildman–Crippen MR) is 116 cm³/mol. The SMILES string of the molecule is CCCCNC1(Nc2ccc(Cc3ccc(NC4(OCC(C)C)OO4)cc3)cc2)OO1. The number of ether oxygens (including phenoxy) is 1. The molecule has 8 heteroatoms. The lowest BCUT2D eigenvalue weighted by Gasteiger charge is -2.14. The number of benzene rings is 2. The minimum absolute atomic E-state index is 0.391. The number of anilines is 2. The van der Waals surface area contributed by atoms with Crippen LogP contribution in [0.25, 0.3) is 0 Å². The van der Waals surface area contributed by atoms with E-state index in [2.05, 4.69) is 61.0 Å². The molecule has 3 N–H and O–H groups in total. The van der Waals surface area contributed by atoms with E-state index in [9.17, 15) is 0 Å². The third kappa shape index (κ3) is 6.39. The molecule has 0 aromatic heterocycles. The fraction of sp³-hybridized carbons (Fsp3) is 0.478.